The number of hydrogen-bond donors (Lipinski definition) is 0. The van der Waals surface area contributed by atoms with Gasteiger partial charge in [0.05, 0.1) is 0 Å². The van der Waals surface area contributed by atoms with Crippen molar-refractivity contribution in [2.24, 2.45) is 0 Å². The molecule has 1 unspecified atom stereocenters. The summed E-state index contributed by atoms with van der Waals surface area (Å²) >= 11 is 0. The lowest BCUT2D eigenvalue weighted by atomic mass is 10.0. The van der Waals surface area contributed by atoms with Crippen molar-refractivity contribution in [1.29, 1.82) is 0 Å². The highest BCUT2D eigenvalue weighted by Gasteiger charge is 2.19. The molecule has 0 fully saturated rings. The molecular formula is C67H110O6. The highest BCUT2D eigenvalue weighted by atomic mass is 16.6. The van der Waals surface area contributed by atoms with Crippen LogP contribution >= 0.6 is 0 Å². The Kier molecular flexibility index (Phi) is 56.9. The van der Waals surface area contributed by atoms with Gasteiger partial charge in [-0.2, -0.15) is 0 Å². The number of allylic oxidation sites excluding steroid dienone is 20. The van der Waals surface area contributed by atoms with E-state index in [9.17, 15) is 14.4 Å². The van der Waals surface area contributed by atoms with Crippen LogP contribution in [0.4, 0.5) is 0 Å². The van der Waals surface area contributed by atoms with Crippen LogP contribution in [0.1, 0.15) is 265 Å². The Balaban J connectivity index is 4.21. The minimum Gasteiger partial charge on any atom is -0.462 e. The summed E-state index contributed by atoms with van der Waals surface area (Å²) in [5.74, 6) is -0.945. The van der Waals surface area contributed by atoms with Crippen molar-refractivity contribution < 1.29 is 28.6 Å². The fraction of sp³-hybridized carbons (Fsp3) is 0.657. The molecule has 414 valence electrons. The number of esters is 3. The van der Waals surface area contributed by atoms with Crippen LogP contribution in [0.25, 0.3) is 0 Å². The Bertz CT molecular complexity index is 1540. The van der Waals surface area contributed by atoms with Crippen molar-refractivity contribution in [3.05, 3.63) is 122 Å². The second-order valence-corrected chi connectivity index (χ2v) is 19.5. The molecule has 1 atom stereocenters. The zero-order valence-electron chi connectivity index (χ0n) is 47.4. The summed E-state index contributed by atoms with van der Waals surface area (Å²) in [6.07, 6.45) is 83.8. The molecule has 73 heavy (non-hydrogen) atoms. The van der Waals surface area contributed by atoms with Gasteiger partial charge in [0, 0.05) is 19.3 Å². The molecular weight excluding hydrogens is 901 g/mol. The van der Waals surface area contributed by atoms with E-state index >= 15 is 0 Å². The van der Waals surface area contributed by atoms with Crippen molar-refractivity contribution in [3.8, 4) is 0 Å². The Morgan fingerprint density at radius 2 is 0.534 bits per heavy atom. The van der Waals surface area contributed by atoms with Crippen LogP contribution in [-0.4, -0.2) is 37.2 Å². The molecule has 0 heterocycles. The lowest BCUT2D eigenvalue weighted by Gasteiger charge is -2.18. The summed E-state index contributed by atoms with van der Waals surface area (Å²) < 4.78 is 16.7. The van der Waals surface area contributed by atoms with E-state index in [1.54, 1.807) is 0 Å². The van der Waals surface area contributed by atoms with Crippen LogP contribution in [0.3, 0.4) is 0 Å². The molecule has 6 heteroatoms. The van der Waals surface area contributed by atoms with Crippen LogP contribution in [0.5, 0.6) is 0 Å². The van der Waals surface area contributed by atoms with Gasteiger partial charge in [0.1, 0.15) is 13.2 Å². The van der Waals surface area contributed by atoms with E-state index in [1.807, 2.05) is 0 Å². The Morgan fingerprint density at radius 1 is 0.288 bits per heavy atom. The van der Waals surface area contributed by atoms with Crippen molar-refractivity contribution >= 4 is 17.9 Å². The normalized spacial score (nSPS) is 13.0. The van der Waals surface area contributed by atoms with E-state index in [-0.39, 0.29) is 31.1 Å². The van der Waals surface area contributed by atoms with Gasteiger partial charge < -0.3 is 14.2 Å². The first kappa shape index (κ1) is 68.8. The maximum absolute atomic E-state index is 12.8. The third kappa shape index (κ3) is 58.6. The molecule has 0 spiro atoms. The van der Waals surface area contributed by atoms with Crippen LogP contribution in [0.15, 0.2) is 122 Å². The van der Waals surface area contributed by atoms with E-state index in [0.717, 1.165) is 122 Å². The van der Waals surface area contributed by atoms with Crippen molar-refractivity contribution in [1.82, 2.24) is 0 Å². The molecule has 0 saturated carbocycles. The smallest absolute Gasteiger partial charge is 0.306 e. The average molecular weight is 1010 g/mol. The van der Waals surface area contributed by atoms with Gasteiger partial charge in [-0.1, -0.05) is 271 Å². The summed E-state index contributed by atoms with van der Waals surface area (Å²) in [4.78, 5) is 37.9. The van der Waals surface area contributed by atoms with E-state index in [0.29, 0.717) is 19.3 Å². The van der Waals surface area contributed by atoms with Gasteiger partial charge in [0.15, 0.2) is 6.10 Å². The zero-order valence-corrected chi connectivity index (χ0v) is 47.4. The van der Waals surface area contributed by atoms with Gasteiger partial charge in [0.25, 0.3) is 0 Å². The third-order valence-electron chi connectivity index (χ3n) is 12.5. The molecule has 0 aliphatic rings. The topological polar surface area (TPSA) is 78.9 Å². The lowest BCUT2D eigenvalue weighted by molar-refractivity contribution is -0.167. The number of unbranched alkanes of at least 4 members (excludes halogenated alkanes) is 22. The Hall–Kier alpha value is -4.19. The molecule has 0 saturated heterocycles. The molecule has 0 aromatic carbocycles. The predicted molar refractivity (Wildman–Crippen MR) is 316 cm³/mol. The number of carbonyl (C=O) groups excluding carboxylic acids is 3. The molecule has 0 radical (unpaired) electrons. The summed E-state index contributed by atoms with van der Waals surface area (Å²) in [5, 5.41) is 0. The maximum atomic E-state index is 12.8. The number of carbonyl (C=O) groups is 3. The van der Waals surface area contributed by atoms with Crippen molar-refractivity contribution in [3.63, 3.8) is 0 Å². The molecule has 0 aromatic rings. The second-order valence-electron chi connectivity index (χ2n) is 19.5. The molecule has 0 amide bonds. The first-order chi connectivity index (χ1) is 36.0. The minimum atomic E-state index is -0.793. The lowest BCUT2D eigenvalue weighted by Crippen LogP contribution is -2.30. The average Bonchev–Trinajstić information content (AvgIpc) is 3.39. The molecule has 0 bridgehead atoms. The molecule has 0 aromatic heterocycles. The van der Waals surface area contributed by atoms with Gasteiger partial charge in [0.2, 0.25) is 0 Å². The predicted octanol–water partition coefficient (Wildman–Crippen LogP) is 20.4. The van der Waals surface area contributed by atoms with Crippen LogP contribution in [0.2, 0.25) is 0 Å². The number of hydrogen-bond acceptors (Lipinski definition) is 6. The van der Waals surface area contributed by atoms with E-state index < -0.39 is 6.10 Å². The number of rotatable bonds is 53. The van der Waals surface area contributed by atoms with Crippen LogP contribution in [-0.2, 0) is 28.6 Å². The van der Waals surface area contributed by atoms with Crippen LogP contribution < -0.4 is 0 Å². The summed E-state index contributed by atoms with van der Waals surface area (Å²) in [5.41, 5.74) is 0. The van der Waals surface area contributed by atoms with Crippen LogP contribution in [0, 0.1) is 0 Å². The highest BCUT2D eigenvalue weighted by Crippen LogP contribution is 2.15. The monoisotopic (exact) mass is 1010 g/mol. The first-order valence-electron chi connectivity index (χ1n) is 30.0. The number of ether oxygens (including phenoxy) is 3. The zero-order chi connectivity index (χ0) is 52.9. The van der Waals surface area contributed by atoms with Crippen molar-refractivity contribution in [2.75, 3.05) is 13.2 Å². The largest absolute Gasteiger partial charge is 0.462 e. The van der Waals surface area contributed by atoms with E-state index in [1.165, 1.54) is 103 Å². The molecule has 0 N–H and O–H groups in total. The van der Waals surface area contributed by atoms with Gasteiger partial charge in [-0.05, 0) is 96.3 Å². The maximum Gasteiger partial charge on any atom is 0.306 e. The minimum absolute atomic E-state index is 0.0914. The second kappa shape index (κ2) is 60.4. The quantitative estimate of drug-likeness (QED) is 0.0261. The Labute approximate surface area is 450 Å². The molecule has 0 aliphatic heterocycles. The van der Waals surface area contributed by atoms with E-state index in [2.05, 4.69) is 142 Å². The SMILES string of the molecule is CC/C=C\C/C=C\C/C=C\C/C=C\C/C=C\C/C=C\C/C=C\C/C=C\C/C=C\C/C=C\CCCCC(=O)OCC(COC(=O)CCCCCCCC)OC(=O)CCCCCCCCCCCCCCCCCC. The molecule has 0 aliphatic carbocycles. The standard InChI is InChI=1S/C67H110O6/c1-4-7-10-13-16-18-20-22-24-26-27-28-29-30-31-32-33-34-35-36-37-38-39-40-41-42-44-45-47-49-51-54-57-60-66(69)72-63-64(62-71-65(68)59-56-53-15-12-9-6-3)73-67(70)61-58-55-52-50-48-46-43-25-23-21-19-17-14-11-8-5-2/h7,10,16,18,22,24,27-28,30-31,33-34,36-37,39-40,42,44,47,49,64H,4-6,8-9,11-15,17,19-21,23,25-26,29,32,35,38,41,43,45-46,48,50-63H2,1-3H3/b10-7-,18-16-,24-22-,28-27-,31-30-,34-33-,37-36-,40-39-,44-42-,49-47-. The summed E-state index contributed by atoms with van der Waals surface area (Å²) in [6.45, 7) is 6.43. The third-order valence-corrected chi connectivity index (χ3v) is 12.5. The fourth-order valence-corrected chi connectivity index (χ4v) is 8.00. The van der Waals surface area contributed by atoms with Gasteiger partial charge in [-0.15, -0.1) is 0 Å². The molecule has 0 rings (SSSR count). The van der Waals surface area contributed by atoms with Gasteiger partial charge in [-0.25, -0.2) is 0 Å². The summed E-state index contributed by atoms with van der Waals surface area (Å²) in [6, 6.07) is 0. The Morgan fingerprint density at radius 3 is 0.836 bits per heavy atom. The van der Waals surface area contributed by atoms with E-state index in [4.69, 9.17) is 14.2 Å². The highest BCUT2D eigenvalue weighted by molar-refractivity contribution is 5.71. The van der Waals surface area contributed by atoms with Gasteiger partial charge in [-0.3, -0.25) is 14.4 Å². The molecule has 6 nitrogen and oxygen atoms in total. The summed E-state index contributed by atoms with van der Waals surface area (Å²) in [7, 11) is 0. The first-order valence-corrected chi connectivity index (χ1v) is 30.0. The van der Waals surface area contributed by atoms with Crippen molar-refractivity contribution in [2.45, 2.75) is 271 Å². The fourth-order valence-electron chi connectivity index (χ4n) is 8.00. The van der Waals surface area contributed by atoms with Gasteiger partial charge >= 0.3 is 17.9 Å².